The number of rotatable bonds is 4. The van der Waals surface area contributed by atoms with Crippen LogP contribution < -0.4 is 10.1 Å². The summed E-state index contributed by atoms with van der Waals surface area (Å²) in [6.07, 6.45) is 0. The molecule has 0 saturated heterocycles. The van der Waals surface area contributed by atoms with Gasteiger partial charge in [-0.1, -0.05) is 13.8 Å². The maximum absolute atomic E-state index is 13.5. The molecule has 0 unspecified atom stereocenters. The van der Waals surface area contributed by atoms with Crippen LogP contribution >= 0.6 is 0 Å². The van der Waals surface area contributed by atoms with E-state index in [1.807, 2.05) is 13.8 Å². The summed E-state index contributed by atoms with van der Waals surface area (Å²) in [6.45, 7) is 3.86. The van der Waals surface area contributed by atoms with E-state index >= 15 is 0 Å². The third kappa shape index (κ3) is 2.93. The summed E-state index contributed by atoms with van der Waals surface area (Å²) >= 11 is 0. The van der Waals surface area contributed by atoms with E-state index in [1.54, 1.807) is 0 Å². The largest absolute Gasteiger partial charge is 0.494 e. The van der Waals surface area contributed by atoms with Crippen molar-refractivity contribution >= 4 is 11.6 Å². The molecule has 0 spiro atoms. The van der Waals surface area contributed by atoms with Gasteiger partial charge in [-0.25, -0.2) is 9.37 Å². The van der Waals surface area contributed by atoms with Gasteiger partial charge in [0, 0.05) is 17.7 Å². The first-order valence-electron chi connectivity index (χ1n) is 6.08. The van der Waals surface area contributed by atoms with Crippen LogP contribution in [0, 0.1) is 5.82 Å². The molecular weight excluding hydrogens is 263 g/mol. The molecule has 0 aliphatic heterocycles. The van der Waals surface area contributed by atoms with Crippen molar-refractivity contribution in [1.29, 1.82) is 0 Å². The summed E-state index contributed by atoms with van der Waals surface area (Å²) in [6, 6.07) is 4.14. The second kappa shape index (κ2) is 5.68. The van der Waals surface area contributed by atoms with Crippen LogP contribution in [0.15, 0.2) is 18.2 Å². The van der Waals surface area contributed by atoms with E-state index in [4.69, 9.17) is 4.74 Å². The molecule has 0 saturated carbocycles. The predicted molar refractivity (Wildman–Crippen MR) is 71.4 cm³/mol. The smallest absolute Gasteiger partial charge is 0.295 e. The molecule has 0 radical (unpaired) electrons. The normalized spacial score (nSPS) is 10.7. The zero-order chi connectivity index (χ0) is 14.7. The van der Waals surface area contributed by atoms with Crippen molar-refractivity contribution in [1.82, 2.24) is 15.2 Å². The van der Waals surface area contributed by atoms with E-state index in [0.29, 0.717) is 11.5 Å². The number of anilines is 1. The fraction of sp³-hybridized carbons (Fsp3) is 0.308. The Morgan fingerprint density at radius 1 is 1.45 bits per heavy atom. The van der Waals surface area contributed by atoms with Crippen LogP contribution in [-0.2, 0) is 0 Å². The molecule has 0 aliphatic rings. The molecule has 0 fully saturated rings. The average molecular weight is 278 g/mol. The highest BCUT2D eigenvalue weighted by Gasteiger charge is 2.15. The van der Waals surface area contributed by atoms with Crippen LogP contribution in [-0.4, -0.2) is 28.2 Å². The molecule has 1 aromatic heterocycles. The van der Waals surface area contributed by atoms with Crippen LogP contribution in [0.25, 0.3) is 0 Å². The maximum atomic E-state index is 13.5. The van der Waals surface area contributed by atoms with E-state index in [-0.39, 0.29) is 17.5 Å². The summed E-state index contributed by atoms with van der Waals surface area (Å²) in [5.74, 6) is -0.160. The van der Waals surface area contributed by atoms with Crippen molar-refractivity contribution in [3.8, 4) is 5.75 Å². The third-order valence-electron chi connectivity index (χ3n) is 2.66. The molecule has 1 aromatic carbocycles. The van der Waals surface area contributed by atoms with Crippen molar-refractivity contribution in [2.75, 3.05) is 12.4 Å². The van der Waals surface area contributed by atoms with Crippen molar-refractivity contribution in [2.45, 2.75) is 19.8 Å². The number of nitrogens with one attached hydrogen (secondary N) is 2. The Morgan fingerprint density at radius 3 is 2.75 bits per heavy atom. The second-order valence-corrected chi connectivity index (χ2v) is 4.50. The molecular formula is C13H15FN4O2. The number of hydrogen-bond donors (Lipinski definition) is 2. The van der Waals surface area contributed by atoms with Crippen LogP contribution in [0.5, 0.6) is 5.75 Å². The first-order chi connectivity index (χ1) is 9.51. The van der Waals surface area contributed by atoms with E-state index in [0.717, 1.165) is 0 Å². The Balaban J connectivity index is 2.12. The maximum Gasteiger partial charge on any atom is 0.295 e. The molecule has 0 aliphatic carbocycles. The number of halogens is 1. The summed E-state index contributed by atoms with van der Waals surface area (Å²) in [5.41, 5.74) is 0.309. The van der Waals surface area contributed by atoms with Gasteiger partial charge in [0.25, 0.3) is 5.91 Å². The number of amides is 1. The summed E-state index contributed by atoms with van der Waals surface area (Å²) in [5, 5.41) is 9.03. The molecule has 0 bridgehead atoms. The number of carbonyl (C=O) groups is 1. The number of aromatic amines is 1. The number of carbonyl (C=O) groups excluding carboxylic acids is 1. The Bertz CT molecular complexity index is 625. The number of ether oxygens (including phenoxy) is 1. The van der Waals surface area contributed by atoms with Gasteiger partial charge in [-0.3, -0.25) is 9.89 Å². The van der Waals surface area contributed by atoms with Crippen molar-refractivity contribution in [3.63, 3.8) is 0 Å². The molecule has 0 atom stereocenters. The minimum Gasteiger partial charge on any atom is -0.494 e. The molecule has 2 rings (SSSR count). The monoisotopic (exact) mass is 278 g/mol. The molecule has 1 amide bonds. The van der Waals surface area contributed by atoms with Gasteiger partial charge in [0.15, 0.2) is 11.6 Å². The minimum atomic E-state index is -0.553. The highest BCUT2D eigenvalue weighted by atomic mass is 19.1. The average Bonchev–Trinajstić information content (AvgIpc) is 2.88. The highest BCUT2D eigenvalue weighted by Crippen LogP contribution is 2.20. The van der Waals surface area contributed by atoms with Crippen LogP contribution in [0.3, 0.4) is 0 Å². The molecule has 7 heteroatoms. The first-order valence-corrected chi connectivity index (χ1v) is 6.08. The topological polar surface area (TPSA) is 79.9 Å². The van der Waals surface area contributed by atoms with Gasteiger partial charge in [-0.05, 0) is 12.1 Å². The zero-order valence-electron chi connectivity index (χ0n) is 11.4. The minimum absolute atomic E-state index is 0.0185. The van der Waals surface area contributed by atoms with Gasteiger partial charge >= 0.3 is 0 Å². The van der Waals surface area contributed by atoms with Crippen LogP contribution in [0.2, 0.25) is 0 Å². The number of nitrogens with zero attached hydrogens (tertiary/aromatic N) is 2. The van der Waals surface area contributed by atoms with Crippen molar-refractivity contribution in [3.05, 3.63) is 35.7 Å². The van der Waals surface area contributed by atoms with Gasteiger partial charge in [0.1, 0.15) is 5.82 Å². The first kappa shape index (κ1) is 14.0. The van der Waals surface area contributed by atoms with E-state index in [1.165, 1.54) is 25.3 Å². The third-order valence-corrected chi connectivity index (χ3v) is 2.66. The van der Waals surface area contributed by atoms with Gasteiger partial charge in [0.2, 0.25) is 5.82 Å². The van der Waals surface area contributed by atoms with E-state index in [2.05, 4.69) is 20.5 Å². The lowest BCUT2D eigenvalue weighted by Gasteiger charge is -2.05. The van der Waals surface area contributed by atoms with E-state index in [9.17, 15) is 9.18 Å². The van der Waals surface area contributed by atoms with Gasteiger partial charge in [-0.15, -0.1) is 5.10 Å². The molecule has 1 heterocycles. The van der Waals surface area contributed by atoms with Gasteiger partial charge in [-0.2, -0.15) is 0 Å². The lowest BCUT2D eigenvalue weighted by molar-refractivity contribution is 0.101. The Labute approximate surface area is 115 Å². The quantitative estimate of drug-likeness (QED) is 0.899. The molecule has 2 aromatic rings. The second-order valence-electron chi connectivity index (χ2n) is 4.50. The summed E-state index contributed by atoms with van der Waals surface area (Å²) in [4.78, 5) is 16.0. The van der Waals surface area contributed by atoms with E-state index < -0.39 is 11.7 Å². The van der Waals surface area contributed by atoms with Crippen LogP contribution in [0.4, 0.5) is 10.1 Å². The number of hydrogen-bond acceptors (Lipinski definition) is 4. The van der Waals surface area contributed by atoms with Crippen molar-refractivity contribution in [2.24, 2.45) is 0 Å². The highest BCUT2D eigenvalue weighted by molar-refractivity contribution is 6.01. The summed E-state index contributed by atoms with van der Waals surface area (Å²) < 4.78 is 18.3. The van der Waals surface area contributed by atoms with Crippen molar-refractivity contribution < 1.29 is 13.9 Å². The molecule has 2 N–H and O–H groups in total. The number of methoxy groups -OCH3 is 1. The lowest BCUT2D eigenvalue weighted by atomic mass is 10.2. The summed E-state index contributed by atoms with van der Waals surface area (Å²) in [7, 11) is 1.37. The standard InChI is InChI=1S/C13H15FN4O2/c1-7(2)11-16-12(18-17-11)13(19)15-8-4-5-10(20-3)9(14)6-8/h4-7H,1-3H3,(H,15,19)(H,16,17,18). The number of aromatic nitrogens is 3. The Hall–Kier alpha value is -2.44. The Kier molecular flexibility index (Phi) is 3.97. The zero-order valence-corrected chi connectivity index (χ0v) is 11.4. The fourth-order valence-electron chi connectivity index (χ4n) is 1.57. The number of benzene rings is 1. The molecule has 6 nitrogen and oxygen atoms in total. The SMILES string of the molecule is COc1ccc(NC(=O)c2n[nH]c(C(C)C)n2)cc1F. The molecule has 20 heavy (non-hydrogen) atoms. The van der Waals surface area contributed by atoms with Crippen LogP contribution in [0.1, 0.15) is 36.2 Å². The predicted octanol–water partition coefficient (Wildman–Crippen LogP) is 2.33. The number of H-pyrrole nitrogens is 1. The Morgan fingerprint density at radius 2 is 2.20 bits per heavy atom. The lowest BCUT2D eigenvalue weighted by Crippen LogP contribution is -2.14. The molecule has 106 valence electrons. The fourth-order valence-corrected chi connectivity index (χ4v) is 1.57. The van der Waals surface area contributed by atoms with Gasteiger partial charge in [0.05, 0.1) is 7.11 Å². The van der Waals surface area contributed by atoms with Gasteiger partial charge < -0.3 is 10.1 Å².